The first kappa shape index (κ1) is 7.85. The number of methoxy groups -OCH3 is 1. The van der Waals surface area contributed by atoms with Crippen LogP contribution >= 0.6 is 22.6 Å². The average molecular weight is 274 g/mol. The summed E-state index contributed by atoms with van der Waals surface area (Å²) >= 11 is 2.27. The van der Waals surface area contributed by atoms with Gasteiger partial charge in [-0.15, -0.1) is 0 Å². The topological polar surface area (TPSA) is 37.9 Å². The lowest BCUT2D eigenvalue weighted by Crippen LogP contribution is -1.86. The third-order valence-electron chi connectivity index (χ3n) is 1.67. The van der Waals surface area contributed by atoms with Gasteiger partial charge in [-0.2, -0.15) is 4.98 Å². The maximum absolute atomic E-state index is 5.00. The van der Waals surface area contributed by atoms with E-state index in [0.29, 0.717) is 5.88 Å². The van der Waals surface area contributed by atoms with Crippen LogP contribution in [0.2, 0.25) is 0 Å². The zero-order valence-electron chi connectivity index (χ0n) is 6.47. The summed E-state index contributed by atoms with van der Waals surface area (Å²) in [5.41, 5.74) is 0.874. The highest BCUT2D eigenvalue weighted by Crippen LogP contribution is 2.20. The molecule has 0 saturated heterocycles. The van der Waals surface area contributed by atoms with E-state index in [1.54, 1.807) is 7.11 Å². The molecule has 2 aromatic heterocycles. The quantitative estimate of drug-likeness (QED) is 0.809. The second-order valence-corrected chi connectivity index (χ2v) is 3.55. The molecule has 2 heterocycles. The summed E-state index contributed by atoms with van der Waals surface area (Å²) < 4.78 is 6.18. The lowest BCUT2D eigenvalue weighted by molar-refractivity contribution is 0.399. The van der Waals surface area contributed by atoms with E-state index in [-0.39, 0.29) is 0 Å². The molecule has 3 nitrogen and oxygen atoms in total. The van der Waals surface area contributed by atoms with E-state index in [1.165, 1.54) is 3.57 Å². The first-order valence-electron chi connectivity index (χ1n) is 3.49. The third-order valence-corrected chi connectivity index (χ3v) is 2.56. The van der Waals surface area contributed by atoms with Gasteiger partial charge in [-0.3, -0.25) is 0 Å². The maximum Gasteiger partial charge on any atom is 0.214 e. The lowest BCUT2D eigenvalue weighted by Gasteiger charge is -1.96. The molecule has 0 atom stereocenters. The number of ether oxygens (including phenoxy) is 1. The molecule has 2 aromatic rings. The average Bonchev–Trinajstić information content (AvgIpc) is 2.47. The van der Waals surface area contributed by atoms with Crippen LogP contribution in [0, 0.1) is 3.57 Å². The van der Waals surface area contributed by atoms with Crippen LogP contribution in [0.5, 0.6) is 5.88 Å². The summed E-state index contributed by atoms with van der Waals surface area (Å²) in [5.74, 6) is 0.640. The summed E-state index contributed by atoms with van der Waals surface area (Å²) in [7, 11) is 1.61. The summed E-state index contributed by atoms with van der Waals surface area (Å²) in [5, 5.41) is 1.14. The summed E-state index contributed by atoms with van der Waals surface area (Å²) in [6.45, 7) is 0. The predicted molar refractivity (Wildman–Crippen MR) is 55.4 cm³/mol. The van der Waals surface area contributed by atoms with Crippen LogP contribution in [0.4, 0.5) is 0 Å². The number of nitrogens with zero attached hydrogens (tertiary/aromatic N) is 1. The Morgan fingerprint density at radius 2 is 2.33 bits per heavy atom. The second kappa shape index (κ2) is 2.93. The van der Waals surface area contributed by atoms with Gasteiger partial charge in [-0.25, -0.2) is 0 Å². The number of aromatic amines is 1. The Bertz CT molecular complexity index is 410. The number of pyridine rings is 1. The fraction of sp³-hybridized carbons (Fsp3) is 0.125. The monoisotopic (exact) mass is 274 g/mol. The van der Waals surface area contributed by atoms with Crippen LogP contribution in [0.3, 0.4) is 0 Å². The maximum atomic E-state index is 5.00. The van der Waals surface area contributed by atoms with Gasteiger partial charge in [0.25, 0.3) is 0 Å². The second-order valence-electron chi connectivity index (χ2n) is 2.39. The van der Waals surface area contributed by atoms with Gasteiger partial charge < -0.3 is 9.72 Å². The molecule has 0 unspecified atom stereocenters. The molecule has 0 amide bonds. The van der Waals surface area contributed by atoms with Gasteiger partial charge in [0.15, 0.2) is 0 Å². The molecule has 0 aliphatic carbocycles. The number of aromatic nitrogens is 2. The van der Waals surface area contributed by atoms with E-state index >= 15 is 0 Å². The number of H-pyrrole nitrogens is 1. The number of hydrogen-bond acceptors (Lipinski definition) is 2. The third kappa shape index (κ3) is 1.16. The summed E-state index contributed by atoms with van der Waals surface area (Å²) in [4.78, 5) is 7.30. The first-order chi connectivity index (χ1) is 5.81. The van der Waals surface area contributed by atoms with Crippen molar-refractivity contribution in [2.75, 3.05) is 7.11 Å². The zero-order chi connectivity index (χ0) is 8.55. The molecule has 62 valence electrons. The predicted octanol–water partition coefficient (Wildman–Crippen LogP) is 2.18. The van der Waals surface area contributed by atoms with Crippen molar-refractivity contribution in [1.82, 2.24) is 9.97 Å². The van der Waals surface area contributed by atoms with Gasteiger partial charge in [-0.05, 0) is 28.7 Å². The summed E-state index contributed by atoms with van der Waals surface area (Å²) in [6.07, 6.45) is 1.93. The van der Waals surface area contributed by atoms with Gasteiger partial charge in [0.05, 0.1) is 7.11 Å². The number of hydrogen-bond donors (Lipinski definition) is 1. The zero-order valence-corrected chi connectivity index (χ0v) is 8.62. The Balaban J connectivity index is 2.69. The van der Waals surface area contributed by atoms with E-state index in [2.05, 4.69) is 32.6 Å². The molecule has 0 aliphatic heterocycles. The molecular weight excluding hydrogens is 267 g/mol. The van der Waals surface area contributed by atoms with Gasteiger partial charge in [-0.1, -0.05) is 0 Å². The molecule has 0 spiro atoms. The largest absolute Gasteiger partial charge is 0.481 e. The van der Waals surface area contributed by atoms with E-state index in [9.17, 15) is 0 Å². The molecule has 0 fully saturated rings. The Hall–Kier alpha value is -0.780. The van der Waals surface area contributed by atoms with Crippen LogP contribution in [0.25, 0.3) is 11.0 Å². The van der Waals surface area contributed by atoms with E-state index in [4.69, 9.17) is 4.74 Å². The fourth-order valence-electron chi connectivity index (χ4n) is 1.07. The Labute approximate surface area is 83.3 Å². The molecule has 12 heavy (non-hydrogen) atoms. The highest BCUT2D eigenvalue weighted by Gasteiger charge is 2.02. The molecule has 0 aromatic carbocycles. The number of fused-ring (bicyclic) bond motifs is 1. The van der Waals surface area contributed by atoms with Crippen molar-refractivity contribution in [3.63, 3.8) is 0 Å². The van der Waals surface area contributed by atoms with Gasteiger partial charge in [0, 0.05) is 21.2 Å². The van der Waals surface area contributed by atoms with Crippen molar-refractivity contribution in [1.29, 1.82) is 0 Å². The van der Waals surface area contributed by atoms with Crippen LogP contribution in [0.15, 0.2) is 18.3 Å². The smallest absolute Gasteiger partial charge is 0.214 e. The van der Waals surface area contributed by atoms with Crippen molar-refractivity contribution in [2.45, 2.75) is 0 Å². The van der Waals surface area contributed by atoms with Crippen molar-refractivity contribution < 1.29 is 4.74 Å². The number of rotatable bonds is 1. The summed E-state index contributed by atoms with van der Waals surface area (Å²) in [6, 6.07) is 3.86. The van der Waals surface area contributed by atoms with Crippen molar-refractivity contribution >= 4 is 33.6 Å². The molecule has 0 saturated carbocycles. The van der Waals surface area contributed by atoms with Crippen LogP contribution in [0.1, 0.15) is 0 Å². The van der Waals surface area contributed by atoms with Crippen molar-refractivity contribution in [3.8, 4) is 5.88 Å². The number of halogens is 1. The highest BCUT2D eigenvalue weighted by atomic mass is 127. The minimum absolute atomic E-state index is 0.640. The van der Waals surface area contributed by atoms with Gasteiger partial charge in [0.1, 0.15) is 5.65 Å². The van der Waals surface area contributed by atoms with E-state index < -0.39 is 0 Å². The van der Waals surface area contributed by atoms with Gasteiger partial charge >= 0.3 is 0 Å². The minimum atomic E-state index is 0.640. The SMILES string of the molecule is COc1ccc2c(I)c[nH]c2n1. The van der Waals surface area contributed by atoms with Crippen molar-refractivity contribution in [2.24, 2.45) is 0 Å². The first-order valence-corrected chi connectivity index (χ1v) is 4.57. The Morgan fingerprint density at radius 3 is 3.08 bits per heavy atom. The minimum Gasteiger partial charge on any atom is -0.481 e. The van der Waals surface area contributed by atoms with Crippen LogP contribution in [-0.4, -0.2) is 17.1 Å². The van der Waals surface area contributed by atoms with Crippen LogP contribution < -0.4 is 4.74 Å². The Morgan fingerprint density at radius 1 is 1.50 bits per heavy atom. The molecular formula is C8H7IN2O. The molecule has 0 radical (unpaired) electrons. The van der Waals surface area contributed by atoms with Gasteiger partial charge in [0.2, 0.25) is 5.88 Å². The highest BCUT2D eigenvalue weighted by molar-refractivity contribution is 14.1. The standard InChI is InChI=1S/C8H7IN2O/c1-12-7-3-2-5-6(9)4-10-8(5)11-7/h2-4H,1H3,(H,10,11). The number of nitrogens with one attached hydrogen (secondary N) is 1. The van der Waals surface area contributed by atoms with E-state index in [0.717, 1.165) is 11.0 Å². The molecule has 0 bridgehead atoms. The lowest BCUT2D eigenvalue weighted by atomic mass is 10.3. The van der Waals surface area contributed by atoms with E-state index in [1.807, 2.05) is 18.3 Å². The fourth-order valence-corrected chi connectivity index (χ4v) is 1.66. The molecule has 4 heteroatoms. The molecule has 2 rings (SSSR count). The van der Waals surface area contributed by atoms with Crippen molar-refractivity contribution in [3.05, 3.63) is 21.9 Å². The molecule has 0 aliphatic rings. The normalized spacial score (nSPS) is 10.5. The molecule has 1 N–H and O–H groups in total. The Kier molecular flexibility index (Phi) is 1.92. The van der Waals surface area contributed by atoms with Crippen LogP contribution in [-0.2, 0) is 0 Å².